The molecule has 1 aliphatic heterocycles. The second-order valence-corrected chi connectivity index (χ2v) is 9.57. The van der Waals surface area contributed by atoms with Crippen molar-refractivity contribution in [3.8, 4) is 17.3 Å². The van der Waals surface area contributed by atoms with E-state index < -0.39 is 24.4 Å². The van der Waals surface area contributed by atoms with E-state index in [0.717, 1.165) is 5.39 Å². The Hall–Kier alpha value is -2.73. The van der Waals surface area contributed by atoms with Crippen LogP contribution in [0.25, 0.3) is 28.1 Å². The van der Waals surface area contributed by atoms with Gasteiger partial charge >= 0.3 is 6.18 Å². The molecule has 0 saturated carbocycles. The Morgan fingerprint density at radius 3 is 2.50 bits per heavy atom. The molecule has 0 spiro atoms. The molecular formula is C25H28Cl2F4N6O. The molecule has 2 N–H and O–H groups in total. The lowest BCUT2D eigenvalue weighted by molar-refractivity contribution is -0.184. The second-order valence-electron chi connectivity index (χ2n) is 9.57. The van der Waals surface area contributed by atoms with Gasteiger partial charge in [0, 0.05) is 24.7 Å². The molecule has 0 aliphatic carbocycles. The van der Waals surface area contributed by atoms with Crippen LogP contribution >= 0.6 is 24.8 Å². The maximum atomic E-state index is 14.2. The molecule has 4 heterocycles. The Bertz CT molecular complexity index is 1420. The van der Waals surface area contributed by atoms with Crippen molar-refractivity contribution in [2.75, 3.05) is 19.8 Å². The van der Waals surface area contributed by atoms with E-state index in [0.29, 0.717) is 28.4 Å². The van der Waals surface area contributed by atoms with E-state index in [1.54, 1.807) is 6.07 Å². The average Bonchev–Trinajstić information content (AvgIpc) is 3.42. The third-order valence-corrected chi connectivity index (χ3v) is 6.37. The lowest BCUT2D eigenvalue weighted by Crippen LogP contribution is -2.47. The highest BCUT2D eigenvalue weighted by Crippen LogP contribution is 2.41. The topological polar surface area (TPSA) is 81.6 Å². The van der Waals surface area contributed by atoms with Crippen LogP contribution in [0.3, 0.4) is 0 Å². The molecule has 0 bridgehead atoms. The molecule has 1 aromatic carbocycles. The van der Waals surface area contributed by atoms with Crippen LogP contribution in [0, 0.1) is 0 Å². The molecule has 1 fully saturated rings. The minimum Gasteiger partial charge on any atom is -0.489 e. The van der Waals surface area contributed by atoms with Crippen LogP contribution in [0.15, 0.2) is 48.7 Å². The first-order chi connectivity index (χ1) is 17.1. The summed E-state index contributed by atoms with van der Waals surface area (Å²) in [7, 11) is 0. The largest absolute Gasteiger partial charge is 0.489 e. The van der Waals surface area contributed by atoms with E-state index in [9.17, 15) is 17.6 Å². The Kier molecular flexibility index (Phi) is 8.77. The van der Waals surface area contributed by atoms with Gasteiger partial charge in [0.25, 0.3) is 0 Å². The number of ether oxygens (including phenoxy) is 1. The van der Waals surface area contributed by atoms with Crippen LogP contribution in [0.4, 0.5) is 17.6 Å². The van der Waals surface area contributed by atoms with Gasteiger partial charge in [-0.3, -0.25) is 9.30 Å². The number of likely N-dealkylation sites (tertiary alicyclic amines) is 1. The molecule has 0 radical (unpaired) electrons. The summed E-state index contributed by atoms with van der Waals surface area (Å²) in [6.45, 7) is 2.80. The zero-order valence-corrected chi connectivity index (χ0v) is 22.3. The van der Waals surface area contributed by atoms with Crippen molar-refractivity contribution in [2.45, 2.75) is 44.1 Å². The van der Waals surface area contributed by atoms with Crippen molar-refractivity contribution in [1.29, 1.82) is 0 Å². The standard InChI is InChI=1S/C25H26F4N6O.2ClH/c1-15(2)36-19-5-3-4-16-6-8-18(31-21(16)19)23-33-32-20-9-7-17(12-35(20)23)22(25(27,28)29)34-11-10-24(30,13-26)14-34;;/h3-9,12,15,22H,10-11,13-14,30H2,1-2H3;2*1H/t22-,24+;;/m1../s1. The summed E-state index contributed by atoms with van der Waals surface area (Å²) < 4.78 is 63.5. The van der Waals surface area contributed by atoms with Crippen molar-refractivity contribution in [1.82, 2.24) is 24.5 Å². The Labute approximate surface area is 229 Å². The summed E-state index contributed by atoms with van der Waals surface area (Å²) in [5.41, 5.74) is 6.09. The first-order valence-corrected chi connectivity index (χ1v) is 11.6. The lowest BCUT2D eigenvalue weighted by atomic mass is 10.0. The van der Waals surface area contributed by atoms with Crippen LogP contribution in [0.1, 0.15) is 31.9 Å². The van der Waals surface area contributed by atoms with Crippen LogP contribution in [-0.4, -0.2) is 62.1 Å². The number of nitrogens with two attached hydrogens (primary N) is 1. The molecule has 13 heteroatoms. The van der Waals surface area contributed by atoms with Gasteiger partial charge < -0.3 is 10.5 Å². The molecule has 5 rings (SSSR count). The summed E-state index contributed by atoms with van der Waals surface area (Å²) in [6.07, 6.45) is -3.13. The van der Waals surface area contributed by atoms with Gasteiger partial charge in [-0.25, -0.2) is 9.37 Å². The van der Waals surface area contributed by atoms with Crippen LogP contribution in [0.2, 0.25) is 0 Å². The predicted octanol–water partition coefficient (Wildman–Crippen LogP) is 5.55. The third kappa shape index (κ3) is 5.66. The molecule has 4 aromatic rings. The maximum absolute atomic E-state index is 14.2. The summed E-state index contributed by atoms with van der Waals surface area (Å²) in [5, 5.41) is 9.18. The van der Waals surface area contributed by atoms with E-state index in [2.05, 4.69) is 10.2 Å². The molecule has 0 amide bonds. The number of aromatic nitrogens is 4. The molecule has 206 valence electrons. The highest BCUT2D eigenvalue weighted by molar-refractivity contribution is 5.86. The fourth-order valence-corrected chi connectivity index (χ4v) is 4.70. The van der Waals surface area contributed by atoms with Crippen molar-refractivity contribution in [3.05, 3.63) is 54.2 Å². The fraction of sp³-hybridized carbons (Fsp3) is 0.400. The third-order valence-electron chi connectivity index (χ3n) is 6.37. The van der Waals surface area contributed by atoms with Gasteiger partial charge in [0.05, 0.1) is 11.6 Å². The van der Waals surface area contributed by atoms with Gasteiger partial charge in [0.1, 0.15) is 29.7 Å². The second kappa shape index (κ2) is 11.2. The Morgan fingerprint density at radius 2 is 1.84 bits per heavy atom. The van der Waals surface area contributed by atoms with Gasteiger partial charge in [-0.2, -0.15) is 13.2 Å². The zero-order valence-electron chi connectivity index (χ0n) is 20.7. The Morgan fingerprint density at radius 1 is 1.08 bits per heavy atom. The summed E-state index contributed by atoms with van der Waals surface area (Å²) in [5.74, 6) is 0.899. The molecule has 38 heavy (non-hydrogen) atoms. The summed E-state index contributed by atoms with van der Waals surface area (Å²) in [6, 6.07) is 10.1. The number of alkyl halides is 4. The molecule has 1 aliphatic rings. The van der Waals surface area contributed by atoms with Crippen LogP contribution in [0.5, 0.6) is 5.75 Å². The minimum atomic E-state index is -4.59. The smallest absolute Gasteiger partial charge is 0.408 e. The number of rotatable bonds is 6. The number of benzene rings is 1. The molecule has 1 saturated heterocycles. The highest BCUT2D eigenvalue weighted by Gasteiger charge is 2.49. The molecule has 2 atom stereocenters. The van der Waals surface area contributed by atoms with Crippen LogP contribution < -0.4 is 10.5 Å². The highest BCUT2D eigenvalue weighted by atomic mass is 35.5. The van der Waals surface area contributed by atoms with E-state index >= 15 is 0 Å². The first kappa shape index (κ1) is 29.8. The van der Waals surface area contributed by atoms with E-state index in [1.807, 2.05) is 38.1 Å². The fourth-order valence-electron chi connectivity index (χ4n) is 4.70. The number of hydrogen-bond acceptors (Lipinski definition) is 6. The van der Waals surface area contributed by atoms with Crippen molar-refractivity contribution in [3.63, 3.8) is 0 Å². The maximum Gasteiger partial charge on any atom is 0.408 e. The van der Waals surface area contributed by atoms with Gasteiger partial charge in [-0.1, -0.05) is 24.3 Å². The van der Waals surface area contributed by atoms with Gasteiger partial charge in [0.15, 0.2) is 11.5 Å². The molecule has 7 nitrogen and oxygen atoms in total. The Balaban J connectivity index is 0.00000200. The van der Waals surface area contributed by atoms with Crippen LogP contribution in [-0.2, 0) is 0 Å². The van der Waals surface area contributed by atoms with Crippen molar-refractivity contribution >= 4 is 41.4 Å². The number of halogens is 6. The van der Waals surface area contributed by atoms with E-state index in [-0.39, 0.29) is 56.0 Å². The average molecular weight is 575 g/mol. The quantitative estimate of drug-likeness (QED) is 0.304. The van der Waals surface area contributed by atoms with Crippen molar-refractivity contribution in [2.24, 2.45) is 5.73 Å². The monoisotopic (exact) mass is 574 g/mol. The summed E-state index contributed by atoms with van der Waals surface area (Å²) >= 11 is 0. The van der Waals surface area contributed by atoms with Gasteiger partial charge in [-0.15, -0.1) is 35.0 Å². The summed E-state index contributed by atoms with van der Waals surface area (Å²) in [4.78, 5) is 5.90. The van der Waals surface area contributed by atoms with E-state index in [1.165, 1.54) is 27.6 Å². The first-order valence-electron chi connectivity index (χ1n) is 11.6. The normalized spacial score (nSPS) is 18.9. The molecular weight excluding hydrogens is 547 g/mol. The number of nitrogens with zero attached hydrogens (tertiary/aromatic N) is 5. The number of fused-ring (bicyclic) bond motifs is 2. The SMILES string of the molecule is CC(C)Oc1cccc2ccc(-c3nnc4ccc([C@@H](N5CC[C@](N)(CF)C5)C(F)(F)F)cn34)nc12.Cl.Cl. The molecule has 0 unspecified atom stereocenters. The van der Waals surface area contributed by atoms with Gasteiger partial charge in [-0.05, 0) is 44.0 Å². The minimum absolute atomic E-state index is 0. The molecule has 3 aromatic heterocycles. The van der Waals surface area contributed by atoms with Gasteiger partial charge in [0.2, 0.25) is 0 Å². The van der Waals surface area contributed by atoms with Crippen molar-refractivity contribution < 1.29 is 22.3 Å². The number of para-hydroxylation sites is 1. The zero-order chi connectivity index (χ0) is 25.7. The number of pyridine rings is 2. The lowest BCUT2D eigenvalue weighted by Gasteiger charge is -2.31. The number of hydrogen-bond donors (Lipinski definition) is 1. The van der Waals surface area contributed by atoms with E-state index in [4.69, 9.17) is 15.5 Å². The predicted molar refractivity (Wildman–Crippen MR) is 142 cm³/mol.